The minimum absolute atomic E-state index is 0.115. The summed E-state index contributed by atoms with van der Waals surface area (Å²) in [6.07, 6.45) is -2.08. The Morgan fingerprint density at radius 2 is 1.30 bits per heavy atom. The Labute approximate surface area is 185 Å². The number of hydrogen-bond donors (Lipinski definition) is 4. The highest BCUT2D eigenvalue weighted by molar-refractivity contribution is 7.87. The number of fused-ring (bicyclic) bond motifs is 1. The van der Waals surface area contributed by atoms with Gasteiger partial charge in [-0.1, -0.05) is 0 Å². The van der Waals surface area contributed by atoms with Gasteiger partial charge in [-0.25, -0.2) is 4.79 Å². The summed E-state index contributed by atoms with van der Waals surface area (Å²) in [7, 11) is -15.4. The fourth-order valence-corrected chi connectivity index (χ4v) is 4.82. The number of nitrogens with one attached hydrogen (secondary N) is 1. The molecule has 3 amide bonds. The van der Waals surface area contributed by atoms with E-state index in [4.69, 9.17) is 0 Å². The summed E-state index contributed by atoms with van der Waals surface area (Å²) < 4.78 is 98.2. The second kappa shape index (κ2) is 8.01. The molecule has 1 aliphatic rings. The standard InChI is InChI=1S/C15H12N2O13S3/c18-12-1-2-13(19)17(12)30-15(20)16-10-5-8(31(21,22)23)3-7-4-9(32(24,25)26)6-11(14(7)10)33(27,28)29/h3-6H,1-2H2,(H,16,20)(H,21,22,23)(H,24,25,26)(H,27,28,29). The van der Waals surface area contributed by atoms with Crippen LogP contribution in [0.3, 0.4) is 0 Å². The summed E-state index contributed by atoms with van der Waals surface area (Å²) in [6.45, 7) is 0. The van der Waals surface area contributed by atoms with Crippen LogP contribution >= 0.6 is 0 Å². The third-order valence-electron chi connectivity index (χ3n) is 4.25. The molecule has 1 saturated heterocycles. The van der Waals surface area contributed by atoms with Crippen LogP contribution in [-0.2, 0) is 44.8 Å². The number of hydroxylamine groups is 2. The smallest absolute Gasteiger partial charge is 0.311 e. The molecule has 0 aromatic heterocycles. The maximum absolute atomic E-state index is 12.2. The topological polar surface area (TPSA) is 239 Å². The van der Waals surface area contributed by atoms with Gasteiger partial charge < -0.3 is 4.84 Å². The van der Waals surface area contributed by atoms with Crippen molar-refractivity contribution in [2.75, 3.05) is 5.32 Å². The second-order valence-electron chi connectivity index (χ2n) is 6.50. The zero-order valence-corrected chi connectivity index (χ0v) is 18.3. The van der Waals surface area contributed by atoms with E-state index in [0.29, 0.717) is 24.3 Å². The Kier molecular flexibility index (Phi) is 5.94. The van der Waals surface area contributed by atoms with Gasteiger partial charge in [-0.05, 0) is 29.7 Å². The van der Waals surface area contributed by atoms with Crippen molar-refractivity contribution in [1.82, 2.24) is 5.06 Å². The van der Waals surface area contributed by atoms with Crippen LogP contribution in [0.25, 0.3) is 10.8 Å². The summed E-state index contributed by atoms with van der Waals surface area (Å²) in [4.78, 5) is 36.7. The van der Waals surface area contributed by atoms with E-state index < -0.39 is 79.4 Å². The Hall–Kier alpha value is -3.16. The summed E-state index contributed by atoms with van der Waals surface area (Å²) in [5.41, 5.74) is -0.751. The molecule has 178 valence electrons. The molecule has 4 N–H and O–H groups in total. The molecule has 0 bridgehead atoms. The Morgan fingerprint density at radius 3 is 1.76 bits per heavy atom. The quantitative estimate of drug-likeness (QED) is 0.302. The average molecular weight is 524 g/mol. The van der Waals surface area contributed by atoms with E-state index in [0.717, 1.165) is 0 Å². The molecule has 2 aromatic rings. The predicted octanol–water partition coefficient (Wildman–Crippen LogP) is 0.192. The van der Waals surface area contributed by atoms with Gasteiger partial charge in [-0.2, -0.15) is 25.3 Å². The lowest BCUT2D eigenvalue weighted by molar-refractivity contribution is -0.170. The Balaban J connectivity index is 2.27. The number of nitrogens with zero attached hydrogens (tertiary/aromatic N) is 1. The van der Waals surface area contributed by atoms with Crippen LogP contribution in [0.5, 0.6) is 0 Å². The molecular formula is C15H12N2O13S3. The normalized spacial score (nSPS) is 15.2. The number of hydrogen-bond acceptors (Lipinski definition) is 10. The lowest BCUT2D eigenvalue weighted by Gasteiger charge is -2.16. The Morgan fingerprint density at radius 1 is 0.818 bits per heavy atom. The van der Waals surface area contributed by atoms with E-state index in [1.165, 1.54) is 0 Å². The Bertz CT molecular complexity index is 1520. The molecule has 0 radical (unpaired) electrons. The molecule has 2 aromatic carbocycles. The zero-order valence-electron chi connectivity index (χ0n) is 15.8. The molecule has 0 aliphatic carbocycles. The summed E-state index contributed by atoms with van der Waals surface area (Å²) >= 11 is 0. The molecule has 0 saturated carbocycles. The number of amides is 3. The largest absolute Gasteiger partial charge is 0.436 e. The van der Waals surface area contributed by atoms with E-state index in [1.807, 2.05) is 5.32 Å². The van der Waals surface area contributed by atoms with Crippen molar-refractivity contribution >= 4 is 64.7 Å². The average Bonchev–Trinajstić information content (AvgIpc) is 2.96. The van der Waals surface area contributed by atoms with Gasteiger partial charge in [0.15, 0.2) is 0 Å². The van der Waals surface area contributed by atoms with Gasteiger partial charge >= 0.3 is 6.09 Å². The van der Waals surface area contributed by atoms with Crippen molar-refractivity contribution in [1.29, 1.82) is 0 Å². The molecule has 18 heteroatoms. The number of benzene rings is 2. The van der Waals surface area contributed by atoms with Crippen LogP contribution in [0, 0.1) is 0 Å². The van der Waals surface area contributed by atoms with Crippen molar-refractivity contribution in [3.63, 3.8) is 0 Å². The third kappa shape index (κ3) is 5.10. The fraction of sp³-hybridized carbons (Fsp3) is 0.133. The van der Waals surface area contributed by atoms with Crippen molar-refractivity contribution in [3.8, 4) is 0 Å². The van der Waals surface area contributed by atoms with Gasteiger partial charge in [-0.3, -0.25) is 28.6 Å². The minimum atomic E-state index is -5.26. The fourth-order valence-electron chi connectivity index (χ4n) is 2.90. The lowest BCUT2D eigenvalue weighted by atomic mass is 10.1. The second-order valence-corrected chi connectivity index (χ2v) is 10.7. The molecule has 3 rings (SSSR count). The SMILES string of the molecule is O=C(Nc1cc(S(=O)(=O)O)cc2cc(S(=O)(=O)O)cc(S(=O)(=O)O)c12)ON1C(=O)CCC1=O. The van der Waals surface area contributed by atoms with E-state index in [9.17, 15) is 53.3 Å². The number of imide groups is 1. The van der Waals surface area contributed by atoms with Gasteiger partial charge in [0.2, 0.25) is 0 Å². The van der Waals surface area contributed by atoms with Crippen LogP contribution in [0.1, 0.15) is 12.8 Å². The molecule has 0 unspecified atom stereocenters. The maximum Gasteiger partial charge on any atom is 0.436 e. The monoisotopic (exact) mass is 524 g/mol. The lowest BCUT2D eigenvalue weighted by Crippen LogP contribution is -2.34. The van der Waals surface area contributed by atoms with E-state index in [2.05, 4.69) is 4.84 Å². The zero-order chi connectivity index (χ0) is 24.9. The first-order valence-corrected chi connectivity index (χ1v) is 12.7. The van der Waals surface area contributed by atoms with Gasteiger partial charge in [0.1, 0.15) is 4.90 Å². The molecule has 1 heterocycles. The first kappa shape index (κ1) is 24.5. The van der Waals surface area contributed by atoms with Crippen LogP contribution in [0.4, 0.5) is 10.5 Å². The molecular weight excluding hydrogens is 512 g/mol. The molecule has 0 atom stereocenters. The summed E-state index contributed by atoms with van der Waals surface area (Å²) in [6, 6.07) is 2.05. The minimum Gasteiger partial charge on any atom is -0.311 e. The van der Waals surface area contributed by atoms with Gasteiger partial charge in [0.05, 0.1) is 15.5 Å². The molecule has 1 aliphatic heterocycles. The van der Waals surface area contributed by atoms with Crippen molar-refractivity contribution in [2.45, 2.75) is 27.5 Å². The van der Waals surface area contributed by atoms with E-state index >= 15 is 0 Å². The predicted molar refractivity (Wildman–Crippen MR) is 105 cm³/mol. The van der Waals surface area contributed by atoms with Gasteiger partial charge in [0.25, 0.3) is 42.2 Å². The van der Waals surface area contributed by atoms with E-state index in [-0.39, 0.29) is 17.9 Å². The number of carbonyl (C=O) groups excluding carboxylic acids is 3. The number of anilines is 1. The van der Waals surface area contributed by atoms with Crippen LogP contribution < -0.4 is 5.32 Å². The number of rotatable bonds is 5. The van der Waals surface area contributed by atoms with Gasteiger partial charge in [-0.15, -0.1) is 5.06 Å². The van der Waals surface area contributed by atoms with Gasteiger partial charge in [0, 0.05) is 18.2 Å². The van der Waals surface area contributed by atoms with Crippen LogP contribution in [0.2, 0.25) is 0 Å². The first-order chi connectivity index (χ1) is 15.0. The van der Waals surface area contributed by atoms with Crippen molar-refractivity contribution in [2.24, 2.45) is 0 Å². The maximum atomic E-state index is 12.2. The molecule has 1 fully saturated rings. The summed E-state index contributed by atoms with van der Waals surface area (Å²) in [5.74, 6) is -1.74. The van der Waals surface area contributed by atoms with Crippen LogP contribution in [-0.4, -0.2) is 61.9 Å². The highest BCUT2D eigenvalue weighted by Gasteiger charge is 2.33. The number of carbonyl (C=O) groups is 3. The highest BCUT2D eigenvalue weighted by atomic mass is 32.2. The van der Waals surface area contributed by atoms with Crippen LogP contribution in [0.15, 0.2) is 39.0 Å². The van der Waals surface area contributed by atoms with Crippen molar-refractivity contribution in [3.05, 3.63) is 24.3 Å². The van der Waals surface area contributed by atoms with E-state index in [1.54, 1.807) is 0 Å². The summed E-state index contributed by atoms with van der Waals surface area (Å²) in [5, 5.41) is 0.736. The molecule has 0 spiro atoms. The first-order valence-electron chi connectivity index (χ1n) is 8.37. The third-order valence-corrected chi connectivity index (χ3v) is 6.79. The highest BCUT2D eigenvalue weighted by Crippen LogP contribution is 2.35. The molecule has 33 heavy (non-hydrogen) atoms. The van der Waals surface area contributed by atoms with Crippen molar-refractivity contribution < 1.29 is 58.1 Å². The molecule has 15 nitrogen and oxygen atoms in total.